The van der Waals surface area contributed by atoms with Gasteiger partial charge in [-0.1, -0.05) is 18.6 Å². The van der Waals surface area contributed by atoms with Gasteiger partial charge in [0.25, 0.3) is 11.5 Å². The first-order valence-corrected chi connectivity index (χ1v) is 12.8. The summed E-state index contributed by atoms with van der Waals surface area (Å²) >= 11 is 0. The third-order valence-corrected chi connectivity index (χ3v) is 6.88. The van der Waals surface area contributed by atoms with E-state index in [1.165, 1.54) is 4.52 Å². The standard InChI is InChI=1S/C23H29N5O4S/c1-13-6-7-18(26-33(5,31)32)17(10-13)23(30)27-9-8-14(2)11-20(27)19-12-21-24-16(4)15(3)22(29)28(21)25-19/h6-7,10,12,14,20,25-26H,8-9,11H2,1-5H3/t14-,20-/m1/s1. The molecule has 2 N–H and O–H groups in total. The van der Waals surface area contributed by atoms with Crippen LogP contribution in [0.4, 0.5) is 5.69 Å². The molecule has 0 spiro atoms. The number of carbonyl (C=O) groups is 1. The Bertz CT molecular complexity index is 1410. The van der Waals surface area contributed by atoms with E-state index in [0.29, 0.717) is 41.4 Å². The molecule has 0 bridgehead atoms. The van der Waals surface area contributed by atoms with Gasteiger partial charge in [-0.15, -0.1) is 0 Å². The number of rotatable bonds is 4. The van der Waals surface area contributed by atoms with Gasteiger partial charge in [-0.25, -0.2) is 17.9 Å². The molecule has 3 heterocycles. The fraction of sp³-hybridized carbons (Fsp3) is 0.435. The van der Waals surface area contributed by atoms with E-state index in [1.54, 1.807) is 36.9 Å². The molecule has 10 heteroatoms. The van der Waals surface area contributed by atoms with E-state index in [1.807, 2.05) is 13.0 Å². The summed E-state index contributed by atoms with van der Waals surface area (Å²) in [6, 6.07) is 6.61. The molecule has 2 aromatic heterocycles. The largest absolute Gasteiger partial charge is 0.330 e. The maximum absolute atomic E-state index is 13.7. The van der Waals surface area contributed by atoms with Crippen LogP contribution in [0.3, 0.4) is 0 Å². The van der Waals surface area contributed by atoms with E-state index >= 15 is 0 Å². The van der Waals surface area contributed by atoms with Crippen LogP contribution in [0.15, 0.2) is 29.1 Å². The number of hydrogen-bond acceptors (Lipinski definition) is 5. The number of aryl methyl sites for hydroxylation is 2. The second kappa shape index (κ2) is 8.33. The zero-order valence-corrected chi connectivity index (χ0v) is 20.3. The van der Waals surface area contributed by atoms with Crippen molar-refractivity contribution in [3.05, 3.63) is 62.7 Å². The topological polar surface area (TPSA) is 117 Å². The fourth-order valence-electron chi connectivity index (χ4n) is 4.37. The van der Waals surface area contributed by atoms with E-state index in [9.17, 15) is 18.0 Å². The van der Waals surface area contributed by atoms with Crippen LogP contribution in [0.25, 0.3) is 5.65 Å². The Labute approximate surface area is 192 Å². The van der Waals surface area contributed by atoms with Gasteiger partial charge in [0.15, 0.2) is 5.65 Å². The van der Waals surface area contributed by atoms with Crippen LogP contribution in [0.2, 0.25) is 0 Å². The van der Waals surface area contributed by atoms with Crippen molar-refractivity contribution in [2.75, 3.05) is 17.5 Å². The average molecular weight is 472 g/mol. The monoisotopic (exact) mass is 471 g/mol. The van der Waals surface area contributed by atoms with Crippen LogP contribution in [-0.2, 0) is 10.0 Å². The van der Waals surface area contributed by atoms with Gasteiger partial charge in [0, 0.05) is 23.9 Å². The third kappa shape index (κ3) is 4.52. The highest BCUT2D eigenvalue weighted by Gasteiger charge is 2.34. The van der Waals surface area contributed by atoms with Gasteiger partial charge in [-0.2, -0.15) is 0 Å². The zero-order chi connectivity index (χ0) is 24.1. The van der Waals surface area contributed by atoms with Crippen molar-refractivity contribution in [3.63, 3.8) is 0 Å². The summed E-state index contributed by atoms with van der Waals surface area (Å²) in [6.45, 7) is 8.06. The second-order valence-electron chi connectivity index (χ2n) is 9.10. The first-order valence-electron chi connectivity index (χ1n) is 10.9. The molecule has 33 heavy (non-hydrogen) atoms. The van der Waals surface area contributed by atoms with Crippen LogP contribution in [0.1, 0.15) is 58.7 Å². The van der Waals surface area contributed by atoms with Gasteiger partial charge in [0.2, 0.25) is 10.0 Å². The molecule has 9 nitrogen and oxygen atoms in total. The third-order valence-electron chi connectivity index (χ3n) is 6.29. The fourth-order valence-corrected chi connectivity index (χ4v) is 4.94. The Morgan fingerprint density at radius 2 is 1.94 bits per heavy atom. The lowest BCUT2D eigenvalue weighted by Crippen LogP contribution is -2.41. The molecule has 1 amide bonds. The molecular formula is C23H29N5O4S. The summed E-state index contributed by atoms with van der Waals surface area (Å²) in [5.41, 5.74) is 3.74. The molecule has 1 fully saturated rings. The number of piperidine rings is 1. The van der Waals surface area contributed by atoms with Crippen LogP contribution >= 0.6 is 0 Å². The maximum Gasteiger partial charge on any atom is 0.275 e. The molecule has 3 aromatic rings. The van der Waals surface area contributed by atoms with Gasteiger partial charge < -0.3 is 4.90 Å². The summed E-state index contributed by atoms with van der Waals surface area (Å²) in [4.78, 5) is 32.7. The smallest absolute Gasteiger partial charge is 0.275 e. The quantitative estimate of drug-likeness (QED) is 0.607. The van der Waals surface area contributed by atoms with Crippen molar-refractivity contribution in [1.29, 1.82) is 0 Å². The van der Waals surface area contributed by atoms with Crippen LogP contribution in [0, 0.1) is 26.7 Å². The molecule has 176 valence electrons. The molecule has 0 radical (unpaired) electrons. The summed E-state index contributed by atoms with van der Waals surface area (Å²) in [5.74, 6) is 0.123. The normalized spacial score (nSPS) is 19.1. The highest BCUT2D eigenvalue weighted by Crippen LogP contribution is 2.36. The Kier molecular flexibility index (Phi) is 5.81. The molecule has 4 rings (SSSR count). The highest BCUT2D eigenvalue weighted by molar-refractivity contribution is 7.92. The van der Waals surface area contributed by atoms with Crippen molar-refractivity contribution in [2.24, 2.45) is 5.92 Å². The molecule has 0 aliphatic carbocycles. The summed E-state index contributed by atoms with van der Waals surface area (Å²) in [5, 5.41) is 3.16. The van der Waals surface area contributed by atoms with E-state index in [4.69, 9.17) is 0 Å². The summed E-state index contributed by atoms with van der Waals surface area (Å²) in [7, 11) is -3.55. The number of nitrogens with one attached hydrogen (secondary N) is 2. The van der Waals surface area contributed by atoms with E-state index < -0.39 is 10.0 Å². The van der Waals surface area contributed by atoms with Gasteiger partial charge in [-0.05, 0) is 51.7 Å². The molecule has 0 saturated carbocycles. The Morgan fingerprint density at radius 1 is 1.21 bits per heavy atom. The van der Waals surface area contributed by atoms with Crippen molar-refractivity contribution < 1.29 is 13.2 Å². The minimum Gasteiger partial charge on any atom is -0.330 e. The maximum atomic E-state index is 13.7. The Hall–Kier alpha value is -3.14. The number of H-pyrrole nitrogens is 1. The van der Waals surface area contributed by atoms with Crippen LogP contribution in [0.5, 0.6) is 0 Å². The van der Waals surface area contributed by atoms with Gasteiger partial charge in [0.05, 0.1) is 29.2 Å². The SMILES string of the molecule is Cc1ccc(NS(C)(=O)=O)c(C(=O)N2CC[C@@H](C)C[C@@H]2c2cc3nc(C)c(C)c(=O)n3[nH]2)c1. The lowest BCUT2D eigenvalue weighted by molar-refractivity contribution is 0.0552. The van der Waals surface area contributed by atoms with Crippen LogP contribution < -0.4 is 10.3 Å². The number of carbonyl (C=O) groups excluding carboxylic acids is 1. The molecule has 1 aliphatic heterocycles. The summed E-state index contributed by atoms with van der Waals surface area (Å²) < 4.78 is 27.6. The number of hydrogen-bond donors (Lipinski definition) is 2. The Balaban J connectivity index is 1.78. The van der Waals surface area contributed by atoms with Crippen molar-refractivity contribution >= 4 is 27.3 Å². The molecule has 2 atom stereocenters. The highest BCUT2D eigenvalue weighted by atomic mass is 32.2. The zero-order valence-electron chi connectivity index (χ0n) is 19.5. The number of likely N-dealkylation sites (tertiary alicyclic amines) is 1. The van der Waals surface area contributed by atoms with E-state index in [0.717, 1.165) is 23.9 Å². The van der Waals surface area contributed by atoms with Crippen molar-refractivity contribution in [2.45, 2.75) is 46.6 Å². The summed E-state index contributed by atoms with van der Waals surface area (Å²) in [6.07, 6.45) is 2.61. The first-order chi connectivity index (χ1) is 15.4. The lowest BCUT2D eigenvalue weighted by atomic mass is 9.90. The number of fused-ring (bicyclic) bond motifs is 1. The number of aromatic amines is 1. The van der Waals surface area contributed by atoms with Gasteiger partial charge in [0.1, 0.15) is 0 Å². The van der Waals surface area contributed by atoms with Gasteiger partial charge in [-0.3, -0.25) is 19.4 Å². The van der Waals surface area contributed by atoms with Crippen LogP contribution in [-0.4, -0.2) is 46.6 Å². The second-order valence-corrected chi connectivity index (χ2v) is 10.8. The predicted octanol–water partition coefficient (Wildman–Crippen LogP) is 2.93. The number of benzene rings is 1. The van der Waals surface area contributed by atoms with Crippen molar-refractivity contribution in [3.8, 4) is 0 Å². The Morgan fingerprint density at radius 3 is 2.64 bits per heavy atom. The van der Waals surface area contributed by atoms with Crippen molar-refractivity contribution in [1.82, 2.24) is 19.5 Å². The number of nitrogens with zero attached hydrogens (tertiary/aromatic N) is 3. The molecular weight excluding hydrogens is 442 g/mol. The molecule has 0 unspecified atom stereocenters. The minimum absolute atomic E-state index is 0.163. The lowest BCUT2D eigenvalue weighted by Gasteiger charge is -2.38. The molecule has 1 aliphatic rings. The van der Waals surface area contributed by atoms with E-state index in [-0.39, 0.29) is 23.2 Å². The minimum atomic E-state index is -3.55. The van der Waals surface area contributed by atoms with Gasteiger partial charge >= 0.3 is 0 Å². The van der Waals surface area contributed by atoms with E-state index in [2.05, 4.69) is 21.7 Å². The average Bonchev–Trinajstić information content (AvgIpc) is 3.16. The molecule has 1 saturated heterocycles. The predicted molar refractivity (Wildman–Crippen MR) is 127 cm³/mol. The number of anilines is 1. The number of sulfonamides is 1. The first kappa shape index (κ1) is 23.0. The molecule has 1 aromatic carbocycles. The number of amides is 1. The number of aromatic nitrogens is 3.